The lowest BCUT2D eigenvalue weighted by Crippen LogP contribution is -2.34. The maximum absolute atomic E-state index is 13.0. The number of rotatable bonds is 4. The molecule has 3 rings (SSSR count). The van der Waals surface area contributed by atoms with Crippen molar-refractivity contribution in [1.29, 1.82) is 0 Å². The number of methoxy groups -OCH3 is 1. The fraction of sp³-hybridized carbons (Fsp3) is 0.368. The van der Waals surface area contributed by atoms with E-state index in [0.29, 0.717) is 11.3 Å². The monoisotopic (exact) mass is 356 g/mol. The summed E-state index contributed by atoms with van der Waals surface area (Å²) in [4.78, 5) is 37.5. The van der Waals surface area contributed by atoms with Gasteiger partial charge in [-0.25, -0.2) is 4.79 Å². The molecule has 1 aromatic carbocycles. The van der Waals surface area contributed by atoms with Gasteiger partial charge in [0.05, 0.1) is 23.2 Å². The molecule has 1 aliphatic carbocycles. The van der Waals surface area contributed by atoms with Gasteiger partial charge in [-0.15, -0.1) is 0 Å². The minimum absolute atomic E-state index is 0.0715. The van der Waals surface area contributed by atoms with Crippen LogP contribution in [-0.4, -0.2) is 34.9 Å². The van der Waals surface area contributed by atoms with E-state index in [1.807, 2.05) is 0 Å². The van der Waals surface area contributed by atoms with Crippen molar-refractivity contribution in [3.05, 3.63) is 56.8 Å². The average molecular weight is 356 g/mol. The summed E-state index contributed by atoms with van der Waals surface area (Å²) in [5, 5.41) is 11.0. The molecule has 1 fully saturated rings. The molecule has 0 bridgehead atoms. The molecule has 1 amide bonds. The molecule has 1 heterocycles. The Morgan fingerprint density at radius 1 is 1.35 bits per heavy atom. The molecule has 0 unspecified atom stereocenters. The number of ether oxygens (including phenoxy) is 1. The molecule has 0 aromatic heterocycles. The number of carbonyl (C=O) groups excluding carboxylic acids is 2. The number of carbonyl (C=O) groups is 2. The first-order chi connectivity index (χ1) is 12.4. The summed E-state index contributed by atoms with van der Waals surface area (Å²) < 4.78 is 4.87. The van der Waals surface area contributed by atoms with E-state index in [2.05, 4.69) is 0 Å². The summed E-state index contributed by atoms with van der Waals surface area (Å²) in [6.45, 7) is 1.75. The second-order valence-corrected chi connectivity index (χ2v) is 6.48. The number of nitro groups is 1. The van der Waals surface area contributed by atoms with Crippen molar-refractivity contribution >= 4 is 23.6 Å². The highest BCUT2D eigenvalue weighted by molar-refractivity contribution is 6.16. The van der Waals surface area contributed by atoms with Gasteiger partial charge in [0.25, 0.3) is 11.6 Å². The van der Waals surface area contributed by atoms with Crippen LogP contribution in [0.5, 0.6) is 0 Å². The molecule has 7 heteroatoms. The summed E-state index contributed by atoms with van der Waals surface area (Å²) in [5.74, 6) is -0.825. The van der Waals surface area contributed by atoms with E-state index in [1.165, 1.54) is 25.3 Å². The summed E-state index contributed by atoms with van der Waals surface area (Å²) >= 11 is 0. The minimum Gasteiger partial charge on any atom is -0.465 e. The molecule has 0 atom stereocenters. The standard InChI is InChI=1S/C19H20N2O5/c1-12-17(19(23)26-2)16(18(22)20(12)14-7-3-4-8-14)11-13-6-5-9-15(10-13)21(24)25/h5-6,9-11,14H,3-4,7-8H2,1-2H3. The van der Waals surface area contributed by atoms with Gasteiger partial charge in [0.15, 0.2) is 0 Å². The Morgan fingerprint density at radius 2 is 2.04 bits per heavy atom. The third-order valence-electron chi connectivity index (χ3n) is 4.91. The Kier molecular flexibility index (Phi) is 4.88. The SMILES string of the molecule is COC(=O)C1=C(C)N(C2CCCC2)C(=O)C1=Cc1cccc([N+](=O)[O-])c1. The predicted octanol–water partition coefficient (Wildman–Crippen LogP) is 3.21. The lowest BCUT2D eigenvalue weighted by Gasteiger charge is -2.25. The van der Waals surface area contributed by atoms with Crippen molar-refractivity contribution in [2.24, 2.45) is 0 Å². The van der Waals surface area contributed by atoms with E-state index < -0.39 is 10.9 Å². The number of non-ortho nitro benzene ring substituents is 1. The Labute approximate surface area is 151 Å². The molecular weight excluding hydrogens is 336 g/mol. The Bertz CT molecular complexity index is 834. The number of esters is 1. The Balaban J connectivity index is 2.06. The average Bonchev–Trinajstić information content (AvgIpc) is 3.22. The van der Waals surface area contributed by atoms with Crippen LogP contribution in [0, 0.1) is 10.1 Å². The highest BCUT2D eigenvalue weighted by Gasteiger charge is 2.41. The number of hydrogen-bond acceptors (Lipinski definition) is 5. The lowest BCUT2D eigenvalue weighted by molar-refractivity contribution is -0.384. The number of amides is 1. The molecular formula is C19H20N2O5. The number of hydrogen-bond donors (Lipinski definition) is 0. The summed E-state index contributed by atoms with van der Waals surface area (Å²) in [5.41, 5.74) is 1.46. The van der Waals surface area contributed by atoms with Gasteiger partial charge < -0.3 is 9.64 Å². The Hall–Kier alpha value is -2.96. The van der Waals surface area contributed by atoms with Crippen molar-refractivity contribution < 1.29 is 19.2 Å². The molecule has 0 spiro atoms. The highest BCUT2D eigenvalue weighted by Crippen LogP contribution is 2.37. The largest absolute Gasteiger partial charge is 0.465 e. The van der Waals surface area contributed by atoms with Crippen LogP contribution in [0.1, 0.15) is 38.2 Å². The third-order valence-corrected chi connectivity index (χ3v) is 4.91. The van der Waals surface area contributed by atoms with Crippen LogP contribution in [0.4, 0.5) is 5.69 Å². The van der Waals surface area contributed by atoms with Gasteiger partial charge in [-0.3, -0.25) is 14.9 Å². The molecule has 7 nitrogen and oxygen atoms in total. The van der Waals surface area contributed by atoms with Crippen LogP contribution in [0.3, 0.4) is 0 Å². The molecule has 2 aliphatic rings. The maximum Gasteiger partial charge on any atom is 0.340 e. The van der Waals surface area contributed by atoms with Crippen LogP contribution in [-0.2, 0) is 14.3 Å². The van der Waals surface area contributed by atoms with Crippen molar-refractivity contribution in [3.8, 4) is 0 Å². The quantitative estimate of drug-likeness (QED) is 0.358. The summed E-state index contributed by atoms with van der Waals surface area (Å²) in [7, 11) is 1.27. The fourth-order valence-corrected chi connectivity index (χ4v) is 3.69. The smallest absolute Gasteiger partial charge is 0.340 e. The zero-order valence-corrected chi connectivity index (χ0v) is 14.7. The molecule has 0 radical (unpaired) electrons. The summed E-state index contributed by atoms with van der Waals surface area (Å²) in [6, 6.07) is 6.05. The van der Waals surface area contributed by atoms with E-state index >= 15 is 0 Å². The van der Waals surface area contributed by atoms with Crippen LogP contribution in [0.2, 0.25) is 0 Å². The molecule has 26 heavy (non-hydrogen) atoms. The number of allylic oxidation sites excluding steroid dienone is 1. The van der Waals surface area contributed by atoms with E-state index in [1.54, 1.807) is 24.0 Å². The van der Waals surface area contributed by atoms with Crippen molar-refractivity contribution in [2.45, 2.75) is 38.6 Å². The molecule has 0 saturated heterocycles. The van der Waals surface area contributed by atoms with Crippen molar-refractivity contribution in [2.75, 3.05) is 7.11 Å². The molecule has 136 valence electrons. The van der Waals surface area contributed by atoms with Gasteiger partial charge >= 0.3 is 5.97 Å². The lowest BCUT2D eigenvalue weighted by atomic mass is 10.0. The molecule has 1 aliphatic heterocycles. The molecule has 1 aromatic rings. The van der Waals surface area contributed by atoms with Gasteiger partial charge in [-0.2, -0.15) is 0 Å². The molecule has 1 saturated carbocycles. The van der Waals surface area contributed by atoms with Crippen LogP contribution in [0.25, 0.3) is 6.08 Å². The van der Waals surface area contributed by atoms with Gasteiger partial charge in [0.2, 0.25) is 0 Å². The zero-order chi connectivity index (χ0) is 18.8. The van der Waals surface area contributed by atoms with E-state index in [-0.39, 0.29) is 28.8 Å². The Morgan fingerprint density at radius 3 is 2.65 bits per heavy atom. The van der Waals surface area contributed by atoms with Crippen LogP contribution >= 0.6 is 0 Å². The predicted molar refractivity (Wildman–Crippen MR) is 94.9 cm³/mol. The minimum atomic E-state index is -0.576. The second-order valence-electron chi connectivity index (χ2n) is 6.48. The highest BCUT2D eigenvalue weighted by atomic mass is 16.6. The van der Waals surface area contributed by atoms with Gasteiger partial charge in [0.1, 0.15) is 0 Å². The fourth-order valence-electron chi connectivity index (χ4n) is 3.69. The van der Waals surface area contributed by atoms with Gasteiger partial charge in [-0.1, -0.05) is 25.0 Å². The van der Waals surface area contributed by atoms with Crippen molar-refractivity contribution in [3.63, 3.8) is 0 Å². The van der Waals surface area contributed by atoms with Gasteiger partial charge in [0, 0.05) is 23.9 Å². The molecule has 0 N–H and O–H groups in total. The van der Waals surface area contributed by atoms with E-state index in [0.717, 1.165) is 25.7 Å². The second kappa shape index (κ2) is 7.11. The maximum atomic E-state index is 13.0. The normalized spacial score (nSPS) is 19.5. The summed E-state index contributed by atoms with van der Waals surface area (Å²) in [6.07, 6.45) is 5.45. The zero-order valence-electron chi connectivity index (χ0n) is 14.7. The van der Waals surface area contributed by atoms with E-state index in [9.17, 15) is 19.7 Å². The number of nitro benzene ring substituents is 1. The number of nitrogens with zero attached hydrogens (tertiary/aromatic N) is 2. The first kappa shape index (κ1) is 17.8. The topological polar surface area (TPSA) is 89.8 Å². The van der Waals surface area contributed by atoms with E-state index in [4.69, 9.17) is 4.74 Å². The van der Waals surface area contributed by atoms with Crippen LogP contribution in [0.15, 0.2) is 41.1 Å². The third kappa shape index (κ3) is 3.12. The van der Waals surface area contributed by atoms with Crippen molar-refractivity contribution in [1.82, 2.24) is 4.90 Å². The van der Waals surface area contributed by atoms with Crippen LogP contribution < -0.4 is 0 Å². The number of benzene rings is 1. The first-order valence-corrected chi connectivity index (χ1v) is 8.53. The van der Waals surface area contributed by atoms with Gasteiger partial charge in [-0.05, 0) is 31.4 Å². The first-order valence-electron chi connectivity index (χ1n) is 8.53.